The Morgan fingerprint density at radius 1 is 1.33 bits per heavy atom. The first kappa shape index (κ1) is 10.6. The van der Waals surface area contributed by atoms with Gasteiger partial charge in [0.15, 0.2) is 0 Å². The van der Waals surface area contributed by atoms with Crippen LogP contribution < -0.4 is 16.2 Å². The van der Waals surface area contributed by atoms with Gasteiger partial charge in [0.05, 0.1) is 3.57 Å². The van der Waals surface area contributed by atoms with Crippen LogP contribution in [0.4, 0.5) is 5.69 Å². The molecule has 0 aliphatic heterocycles. The van der Waals surface area contributed by atoms with Crippen LogP contribution in [0.2, 0.25) is 0 Å². The second kappa shape index (κ2) is 3.92. The predicted octanol–water partition coefficient (Wildman–Crippen LogP) is 1.92. The fraction of sp³-hybridized carbons (Fsp3) is 0.273. The fourth-order valence-electron chi connectivity index (χ4n) is 1.56. The van der Waals surface area contributed by atoms with Crippen LogP contribution in [0.5, 0.6) is 0 Å². The Bertz CT molecular complexity index is 533. The van der Waals surface area contributed by atoms with Crippen LogP contribution in [-0.4, -0.2) is 0 Å². The predicted molar refractivity (Wildman–Crippen MR) is 68.8 cm³/mol. The largest absolute Gasteiger partial charge is 0.351 e. The first-order valence-electron chi connectivity index (χ1n) is 4.73. The van der Waals surface area contributed by atoms with Gasteiger partial charge < -0.3 is 5.32 Å². The molecule has 0 spiro atoms. The van der Waals surface area contributed by atoms with Gasteiger partial charge in [-0.3, -0.25) is 9.59 Å². The van der Waals surface area contributed by atoms with Gasteiger partial charge in [0.25, 0.3) is 5.43 Å². The van der Waals surface area contributed by atoms with Gasteiger partial charge in [-0.25, -0.2) is 0 Å². The summed E-state index contributed by atoms with van der Waals surface area (Å²) in [5, 5.41) is 3.00. The molecule has 0 atom stereocenters. The molecule has 15 heavy (non-hydrogen) atoms. The standard InChI is InChI=1S/C11H10INO2/c1-6-3-2-4-7(5-6)13-9-8(12)10(14)11(9)15/h4-5,13H,2-3H2,1H3. The molecule has 4 heteroatoms. The van der Waals surface area contributed by atoms with Gasteiger partial charge in [-0.15, -0.1) is 0 Å². The number of hydrogen-bond acceptors (Lipinski definition) is 3. The molecule has 0 amide bonds. The maximum Gasteiger partial charge on any atom is 0.251 e. The molecule has 1 aliphatic rings. The third-order valence-corrected chi connectivity index (χ3v) is 3.46. The number of allylic oxidation sites excluding steroid dienone is 3. The fourth-order valence-corrected chi connectivity index (χ4v) is 2.18. The zero-order valence-electron chi connectivity index (χ0n) is 8.26. The molecule has 0 fully saturated rings. The molecule has 3 nitrogen and oxygen atoms in total. The second-order valence-electron chi connectivity index (χ2n) is 3.66. The lowest BCUT2D eigenvalue weighted by atomic mass is 10.0. The van der Waals surface area contributed by atoms with Crippen LogP contribution in [0.25, 0.3) is 0 Å². The van der Waals surface area contributed by atoms with E-state index in [1.54, 1.807) is 0 Å². The summed E-state index contributed by atoms with van der Waals surface area (Å²) in [6.45, 7) is 2.06. The third kappa shape index (κ3) is 1.90. The average molecular weight is 315 g/mol. The van der Waals surface area contributed by atoms with Gasteiger partial charge in [0.1, 0.15) is 5.69 Å². The summed E-state index contributed by atoms with van der Waals surface area (Å²) in [6, 6.07) is 0. The molecule has 1 aromatic carbocycles. The number of anilines is 1. The zero-order valence-corrected chi connectivity index (χ0v) is 10.4. The third-order valence-electron chi connectivity index (χ3n) is 2.43. The minimum Gasteiger partial charge on any atom is -0.351 e. The van der Waals surface area contributed by atoms with Crippen molar-refractivity contribution in [3.8, 4) is 0 Å². The number of halogens is 1. The lowest BCUT2D eigenvalue weighted by molar-refractivity contribution is 0.946. The van der Waals surface area contributed by atoms with Gasteiger partial charge in [-0.2, -0.15) is 0 Å². The van der Waals surface area contributed by atoms with E-state index >= 15 is 0 Å². The highest BCUT2D eigenvalue weighted by molar-refractivity contribution is 14.1. The van der Waals surface area contributed by atoms with Crippen LogP contribution in [0, 0.1) is 3.57 Å². The zero-order chi connectivity index (χ0) is 11.0. The van der Waals surface area contributed by atoms with Crippen molar-refractivity contribution in [3.05, 3.63) is 47.4 Å². The molecule has 1 aromatic rings. The molecule has 0 bridgehead atoms. The minimum absolute atomic E-state index is 0.379. The average Bonchev–Trinajstić information content (AvgIpc) is 2.24. The van der Waals surface area contributed by atoms with E-state index in [0.29, 0.717) is 9.26 Å². The Morgan fingerprint density at radius 3 is 2.67 bits per heavy atom. The molecular weight excluding hydrogens is 305 g/mol. The van der Waals surface area contributed by atoms with Crippen molar-refractivity contribution < 1.29 is 0 Å². The highest BCUT2D eigenvalue weighted by atomic mass is 127. The Hall–Kier alpha value is -0.910. The van der Waals surface area contributed by atoms with Crippen LogP contribution in [0.3, 0.4) is 0 Å². The molecule has 0 radical (unpaired) electrons. The van der Waals surface area contributed by atoms with Crippen molar-refractivity contribution in [1.29, 1.82) is 0 Å². The van der Waals surface area contributed by atoms with Crippen molar-refractivity contribution in [2.45, 2.75) is 19.8 Å². The second-order valence-corrected chi connectivity index (χ2v) is 4.74. The van der Waals surface area contributed by atoms with Crippen LogP contribution in [0.1, 0.15) is 19.8 Å². The van der Waals surface area contributed by atoms with E-state index in [2.05, 4.69) is 12.2 Å². The van der Waals surface area contributed by atoms with Gasteiger partial charge in [-0.05, 0) is 48.4 Å². The smallest absolute Gasteiger partial charge is 0.251 e. The van der Waals surface area contributed by atoms with Crippen LogP contribution >= 0.6 is 22.6 Å². The van der Waals surface area contributed by atoms with Crippen LogP contribution in [-0.2, 0) is 0 Å². The number of rotatable bonds is 2. The molecule has 1 N–H and O–H groups in total. The summed E-state index contributed by atoms with van der Waals surface area (Å²) in [5.74, 6) is 0. The van der Waals surface area contributed by atoms with Gasteiger partial charge in [-0.1, -0.05) is 11.6 Å². The molecule has 0 saturated carbocycles. The first-order chi connectivity index (χ1) is 7.09. The Kier molecular flexibility index (Phi) is 2.77. The Labute approximate surface area is 101 Å². The molecular formula is C11H10INO2. The monoisotopic (exact) mass is 315 g/mol. The van der Waals surface area contributed by atoms with Crippen molar-refractivity contribution in [1.82, 2.24) is 0 Å². The van der Waals surface area contributed by atoms with E-state index in [-0.39, 0.29) is 5.43 Å². The quantitative estimate of drug-likeness (QED) is 0.670. The van der Waals surface area contributed by atoms with E-state index in [4.69, 9.17) is 0 Å². The molecule has 0 aromatic heterocycles. The first-order valence-corrected chi connectivity index (χ1v) is 5.80. The van der Waals surface area contributed by atoms with Crippen molar-refractivity contribution >= 4 is 28.3 Å². The Balaban J connectivity index is 2.21. The van der Waals surface area contributed by atoms with Crippen molar-refractivity contribution in [2.24, 2.45) is 0 Å². The maximum absolute atomic E-state index is 11.2. The summed E-state index contributed by atoms with van der Waals surface area (Å²) >= 11 is 1.90. The summed E-state index contributed by atoms with van der Waals surface area (Å²) in [4.78, 5) is 22.2. The van der Waals surface area contributed by atoms with Gasteiger partial charge >= 0.3 is 0 Å². The van der Waals surface area contributed by atoms with Gasteiger partial charge in [0, 0.05) is 5.70 Å². The molecule has 1 aliphatic carbocycles. The highest BCUT2D eigenvalue weighted by Crippen LogP contribution is 2.19. The lowest BCUT2D eigenvalue weighted by Crippen LogP contribution is -2.37. The summed E-state index contributed by atoms with van der Waals surface area (Å²) in [7, 11) is 0. The highest BCUT2D eigenvalue weighted by Gasteiger charge is 2.18. The SMILES string of the molecule is CC1=CC(Nc2c(I)c(=O)c2=O)=CCC1. The van der Waals surface area contributed by atoms with E-state index in [9.17, 15) is 9.59 Å². The number of nitrogens with one attached hydrogen (secondary N) is 1. The van der Waals surface area contributed by atoms with E-state index in [1.807, 2.05) is 34.7 Å². The summed E-state index contributed by atoms with van der Waals surface area (Å²) in [5.41, 5.74) is 1.86. The molecule has 78 valence electrons. The lowest BCUT2D eigenvalue weighted by Gasteiger charge is -2.14. The molecule has 2 rings (SSSR count). The van der Waals surface area contributed by atoms with Crippen molar-refractivity contribution in [3.63, 3.8) is 0 Å². The molecule has 0 saturated heterocycles. The Morgan fingerprint density at radius 2 is 2.07 bits per heavy atom. The van der Waals surface area contributed by atoms with E-state index in [0.717, 1.165) is 18.5 Å². The normalized spacial score (nSPS) is 16.1. The minimum atomic E-state index is -0.406. The van der Waals surface area contributed by atoms with E-state index in [1.165, 1.54) is 5.57 Å². The van der Waals surface area contributed by atoms with Crippen LogP contribution in [0.15, 0.2) is 33.0 Å². The van der Waals surface area contributed by atoms with Crippen molar-refractivity contribution in [2.75, 3.05) is 5.32 Å². The van der Waals surface area contributed by atoms with E-state index < -0.39 is 5.43 Å². The molecule has 0 heterocycles. The van der Waals surface area contributed by atoms with Gasteiger partial charge in [0.2, 0.25) is 5.43 Å². The molecule has 0 unspecified atom stereocenters. The maximum atomic E-state index is 11.2. The summed E-state index contributed by atoms with van der Waals surface area (Å²) < 4.78 is 0.509. The number of hydrogen-bond donors (Lipinski definition) is 1. The summed E-state index contributed by atoms with van der Waals surface area (Å²) in [6.07, 6.45) is 6.10. The topological polar surface area (TPSA) is 46.2 Å².